The van der Waals surface area contributed by atoms with Crippen molar-refractivity contribution in [1.29, 1.82) is 0 Å². The van der Waals surface area contributed by atoms with Crippen molar-refractivity contribution >= 4 is 42.0 Å². The van der Waals surface area contributed by atoms with Crippen LogP contribution in [0.2, 0.25) is 0 Å². The van der Waals surface area contributed by atoms with E-state index in [2.05, 4.69) is 31.9 Å². The molecule has 18 heavy (non-hydrogen) atoms. The van der Waals surface area contributed by atoms with E-state index in [-0.39, 0.29) is 14.7 Å². The number of aryl methyl sites for hydroxylation is 1. The van der Waals surface area contributed by atoms with Crippen LogP contribution < -0.4 is 0 Å². The molecule has 1 fully saturated rings. The first-order valence-electron chi connectivity index (χ1n) is 5.68. The van der Waals surface area contributed by atoms with E-state index in [4.69, 9.17) is 4.18 Å². The molecule has 0 bridgehead atoms. The Labute approximate surface area is 124 Å². The van der Waals surface area contributed by atoms with Crippen molar-refractivity contribution in [2.24, 2.45) is 5.92 Å². The molecule has 1 unspecified atom stereocenters. The standard InChI is InChI=1S/C12H14Br2O3S/c1-8-2-6-10(7-3-8)18(15,16)17-11(12(13)14)9-4-5-9/h2-3,6-7,9,11-12H,4-5H2,1H3. The number of hydrogen-bond acceptors (Lipinski definition) is 3. The predicted molar refractivity (Wildman–Crippen MR) is 77.6 cm³/mol. The first kappa shape index (κ1) is 14.5. The van der Waals surface area contributed by atoms with Crippen molar-refractivity contribution in [1.82, 2.24) is 0 Å². The molecule has 0 aromatic heterocycles. The molecule has 0 N–H and O–H groups in total. The second kappa shape index (κ2) is 5.61. The highest BCUT2D eigenvalue weighted by Crippen LogP contribution is 2.40. The van der Waals surface area contributed by atoms with Crippen molar-refractivity contribution in [2.45, 2.75) is 34.5 Å². The fourth-order valence-electron chi connectivity index (χ4n) is 1.66. The summed E-state index contributed by atoms with van der Waals surface area (Å²) >= 11 is 6.69. The molecule has 0 radical (unpaired) electrons. The van der Waals surface area contributed by atoms with E-state index in [1.165, 1.54) is 0 Å². The quantitative estimate of drug-likeness (QED) is 0.563. The number of benzene rings is 1. The van der Waals surface area contributed by atoms with Gasteiger partial charge in [0.2, 0.25) is 0 Å². The van der Waals surface area contributed by atoms with Crippen LogP contribution in [0.5, 0.6) is 0 Å². The van der Waals surface area contributed by atoms with Crippen LogP contribution >= 0.6 is 31.9 Å². The molecule has 100 valence electrons. The molecule has 6 heteroatoms. The van der Waals surface area contributed by atoms with Gasteiger partial charge >= 0.3 is 0 Å². The van der Waals surface area contributed by atoms with Crippen LogP contribution in [-0.4, -0.2) is 18.3 Å². The Kier molecular flexibility index (Phi) is 4.52. The summed E-state index contributed by atoms with van der Waals surface area (Å²) in [5, 5.41) is 0. The maximum absolute atomic E-state index is 12.1. The molecular formula is C12H14Br2O3S. The van der Waals surface area contributed by atoms with Crippen molar-refractivity contribution in [3.8, 4) is 0 Å². The second-order valence-electron chi connectivity index (χ2n) is 4.50. The molecule has 1 aromatic rings. The van der Waals surface area contributed by atoms with Gasteiger partial charge in [0, 0.05) is 0 Å². The molecule has 3 nitrogen and oxygen atoms in total. The summed E-state index contributed by atoms with van der Waals surface area (Å²) in [5.41, 5.74) is 1.02. The Bertz CT molecular complexity index is 505. The Balaban J connectivity index is 2.17. The molecule has 1 aliphatic rings. The molecule has 0 aliphatic heterocycles. The molecule has 1 atom stereocenters. The Morgan fingerprint density at radius 2 is 1.78 bits per heavy atom. The normalized spacial score (nSPS) is 18.0. The molecule has 1 saturated carbocycles. The fraction of sp³-hybridized carbons (Fsp3) is 0.500. The number of alkyl halides is 2. The lowest BCUT2D eigenvalue weighted by Crippen LogP contribution is -2.26. The van der Waals surface area contributed by atoms with Gasteiger partial charge in [0.15, 0.2) is 0 Å². The minimum absolute atomic E-state index is 0.155. The predicted octanol–water partition coefficient (Wildman–Crippen LogP) is 3.59. The fourth-order valence-corrected chi connectivity index (χ4v) is 4.16. The lowest BCUT2D eigenvalue weighted by atomic mass is 10.2. The Hall–Kier alpha value is 0.0900. The summed E-state index contributed by atoms with van der Waals surface area (Å²) in [5.74, 6) is 0.314. The van der Waals surface area contributed by atoms with Gasteiger partial charge < -0.3 is 0 Å². The van der Waals surface area contributed by atoms with Gasteiger partial charge in [-0.25, -0.2) is 0 Å². The number of rotatable bonds is 5. The molecule has 2 rings (SSSR count). The minimum Gasteiger partial charge on any atom is -0.261 e. The Morgan fingerprint density at radius 1 is 1.22 bits per heavy atom. The molecule has 0 saturated heterocycles. The third kappa shape index (κ3) is 3.56. The van der Waals surface area contributed by atoms with E-state index in [1.54, 1.807) is 24.3 Å². The first-order valence-corrected chi connectivity index (χ1v) is 8.92. The first-order chi connectivity index (χ1) is 8.40. The van der Waals surface area contributed by atoms with Gasteiger partial charge in [-0.05, 0) is 37.8 Å². The van der Waals surface area contributed by atoms with Crippen molar-refractivity contribution in [2.75, 3.05) is 0 Å². The summed E-state index contributed by atoms with van der Waals surface area (Å²) in [6, 6.07) is 6.68. The van der Waals surface area contributed by atoms with E-state index in [0.29, 0.717) is 5.92 Å². The van der Waals surface area contributed by atoms with Crippen LogP contribution in [0.4, 0.5) is 0 Å². The van der Waals surface area contributed by atoms with Gasteiger partial charge in [-0.15, -0.1) is 0 Å². The molecule has 1 aliphatic carbocycles. The van der Waals surface area contributed by atoms with Gasteiger partial charge in [0.1, 0.15) is 6.10 Å². The zero-order valence-corrected chi connectivity index (χ0v) is 13.8. The summed E-state index contributed by atoms with van der Waals surface area (Å²) in [6.45, 7) is 1.91. The zero-order chi connectivity index (χ0) is 13.3. The van der Waals surface area contributed by atoms with Gasteiger partial charge in [-0.2, -0.15) is 8.42 Å². The SMILES string of the molecule is Cc1ccc(S(=O)(=O)OC(C(Br)Br)C2CC2)cc1. The highest BCUT2D eigenvalue weighted by atomic mass is 79.9. The van der Waals surface area contributed by atoms with Gasteiger partial charge in [-0.3, -0.25) is 4.18 Å². The maximum Gasteiger partial charge on any atom is 0.297 e. The molecule has 0 spiro atoms. The zero-order valence-electron chi connectivity index (χ0n) is 9.84. The lowest BCUT2D eigenvalue weighted by molar-refractivity contribution is 0.205. The number of hydrogen-bond donors (Lipinski definition) is 0. The van der Waals surface area contributed by atoms with Crippen LogP contribution in [0.3, 0.4) is 0 Å². The van der Waals surface area contributed by atoms with E-state index in [0.717, 1.165) is 18.4 Å². The summed E-state index contributed by atoms with van der Waals surface area (Å²) in [6.07, 6.45) is 1.68. The molecule has 1 aromatic carbocycles. The highest BCUT2D eigenvalue weighted by molar-refractivity contribution is 9.24. The van der Waals surface area contributed by atoms with E-state index < -0.39 is 10.1 Å². The van der Waals surface area contributed by atoms with E-state index in [9.17, 15) is 8.42 Å². The third-order valence-electron chi connectivity index (χ3n) is 2.88. The smallest absolute Gasteiger partial charge is 0.261 e. The van der Waals surface area contributed by atoms with Crippen molar-refractivity contribution in [3.63, 3.8) is 0 Å². The highest BCUT2D eigenvalue weighted by Gasteiger charge is 2.39. The maximum atomic E-state index is 12.1. The van der Waals surface area contributed by atoms with Crippen LogP contribution in [0.15, 0.2) is 29.2 Å². The minimum atomic E-state index is -3.69. The summed E-state index contributed by atoms with van der Waals surface area (Å²) in [7, 11) is -3.69. The Morgan fingerprint density at radius 3 is 2.22 bits per heavy atom. The molecule has 0 heterocycles. The van der Waals surface area contributed by atoms with Crippen LogP contribution in [0.1, 0.15) is 18.4 Å². The van der Waals surface area contributed by atoms with Gasteiger partial charge in [0.25, 0.3) is 10.1 Å². The van der Waals surface area contributed by atoms with E-state index >= 15 is 0 Å². The number of halogens is 2. The van der Waals surface area contributed by atoms with Crippen molar-refractivity contribution in [3.05, 3.63) is 29.8 Å². The topological polar surface area (TPSA) is 43.4 Å². The average molecular weight is 398 g/mol. The van der Waals surface area contributed by atoms with Crippen LogP contribution in [-0.2, 0) is 14.3 Å². The lowest BCUT2D eigenvalue weighted by Gasteiger charge is -2.18. The second-order valence-corrected chi connectivity index (χ2v) is 9.27. The van der Waals surface area contributed by atoms with Gasteiger partial charge in [-0.1, -0.05) is 49.6 Å². The van der Waals surface area contributed by atoms with Crippen LogP contribution in [0.25, 0.3) is 0 Å². The summed E-state index contributed by atoms with van der Waals surface area (Å²) < 4.78 is 29.4. The summed E-state index contributed by atoms with van der Waals surface area (Å²) in [4.78, 5) is 0.208. The van der Waals surface area contributed by atoms with Crippen LogP contribution in [0, 0.1) is 12.8 Å². The van der Waals surface area contributed by atoms with Crippen molar-refractivity contribution < 1.29 is 12.6 Å². The monoisotopic (exact) mass is 396 g/mol. The van der Waals surface area contributed by atoms with E-state index in [1.807, 2.05) is 6.92 Å². The molecular weight excluding hydrogens is 384 g/mol. The molecule has 0 amide bonds. The average Bonchev–Trinajstić information content (AvgIpc) is 3.10. The third-order valence-corrected chi connectivity index (χ3v) is 5.25. The van der Waals surface area contributed by atoms with Gasteiger partial charge in [0.05, 0.1) is 8.63 Å². The largest absolute Gasteiger partial charge is 0.297 e.